The van der Waals surface area contributed by atoms with Gasteiger partial charge in [0.05, 0.1) is 5.69 Å². The molecule has 1 N–H and O–H groups in total. The van der Waals surface area contributed by atoms with Gasteiger partial charge in [-0.1, -0.05) is 24.3 Å². The van der Waals surface area contributed by atoms with Crippen LogP contribution in [0.5, 0.6) is 0 Å². The van der Waals surface area contributed by atoms with Crippen LogP contribution in [0.4, 0.5) is 4.39 Å². The lowest BCUT2D eigenvalue weighted by atomic mass is 10.1. The van der Waals surface area contributed by atoms with Crippen LogP contribution in [0, 0.1) is 0 Å². The predicted molar refractivity (Wildman–Crippen MR) is 106 cm³/mol. The SMILES string of the molecule is O=c1cc(CCn2cccn2)nc(-c2ccc(CN3CCC(F)CC3)cc2)[nH]1. The number of hydrogen-bond donors (Lipinski definition) is 1. The van der Waals surface area contributed by atoms with Crippen LogP contribution in [-0.4, -0.2) is 43.9 Å². The van der Waals surface area contributed by atoms with Gasteiger partial charge >= 0.3 is 0 Å². The Kier molecular flexibility index (Phi) is 5.62. The van der Waals surface area contributed by atoms with E-state index in [0.29, 0.717) is 31.6 Å². The molecule has 0 aliphatic carbocycles. The molecule has 7 heteroatoms. The van der Waals surface area contributed by atoms with Gasteiger partial charge in [-0.3, -0.25) is 14.4 Å². The quantitative estimate of drug-likeness (QED) is 0.713. The molecule has 1 aliphatic rings. The summed E-state index contributed by atoms with van der Waals surface area (Å²) in [5.74, 6) is 0.577. The van der Waals surface area contributed by atoms with Crippen molar-refractivity contribution in [3.8, 4) is 11.4 Å². The third-order valence-corrected chi connectivity index (χ3v) is 5.10. The highest BCUT2D eigenvalue weighted by atomic mass is 19.1. The number of nitrogens with one attached hydrogen (secondary N) is 1. The van der Waals surface area contributed by atoms with E-state index in [1.54, 1.807) is 6.20 Å². The number of aryl methyl sites for hydroxylation is 2. The highest BCUT2D eigenvalue weighted by Crippen LogP contribution is 2.19. The van der Waals surface area contributed by atoms with Crippen molar-refractivity contribution in [2.24, 2.45) is 0 Å². The van der Waals surface area contributed by atoms with Crippen LogP contribution in [-0.2, 0) is 19.5 Å². The third-order valence-electron chi connectivity index (χ3n) is 5.10. The van der Waals surface area contributed by atoms with Crippen molar-refractivity contribution >= 4 is 0 Å². The molecule has 6 nitrogen and oxygen atoms in total. The highest BCUT2D eigenvalue weighted by molar-refractivity contribution is 5.55. The van der Waals surface area contributed by atoms with E-state index in [4.69, 9.17) is 0 Å². The zero-order chi connectivity index (χ0) is 19.3. The third kappa shape index (κ3) is 4.72. The van der Waals surface area contributed by atoms with Crippen LogP contribution >= 0.6 is 0 Å². The lowest BCUT2D eigenvalue weighted by molar-refractivity contribution is 0.145. The number of hydrogen-bond acceptors (Lipinski definition) is 4. The molecule has 4 rings (SSSR count). The Morgan fingerprint density at radius 3 is 2.68 bits per heavy atom. The van der Waals surface area contributed by atoms with E-state index in [1.807, 2.05) is 41.2 Å². The van der Waals surface area contributed by atoms with Crippen molar-refractivity contribution in [3.63, 3.8) is 0 Å². The smallest absolute Gasteiger partial charge is 0.251 e. The standard InChI is InChI=1S/C21H24FN5O/c22-18-6-11-26(12-7-18)15-16-2-4-17(5-3-16)21-24-19(14-20(28)25-21)8-13-27-10-1-9-23-27/h1-5,9-10,14,18H,6-8,11-13,15H2,(H,24,25,28). The number of aromatic nitrogens is 4. The summed E-state index contributed by atoms with van der Waals surface area (Å²) in [5.41, 5.74) is 2.65. The van der Waals surface area contributed by atoms with E-state index in [1.165, 1.54) is 11.6 Å². The van der Waals surface area contributed by atoms with Gasteiger partial charge in [0.2, 0.25) is 0 Å². The number of nitrogens with zero attached hydrogens (tertiary/aromatic N) is 4. The summed E-state index contributed by atoms with van der Waals surface area (Å²) in [5, 5.41) is 4.17. The molecule has 146 valence electrons. The molecule has 2 aromatic heterocycles. The van der Waals surface area contributed by atoms with Crippen LogP contribution in [0.25, 0.3) is 11.4 Å². The van der Waals surface area contributed by atoms with Crippen molar-refractivity contribution in [2.45, 2.75) is 38.5 Å². The molecule has 0 unspecified atom stereocenters. The zero-order valence-corrected chi connectivity index (χ0v) is 15.7. The van der Waals surface area contributed by atoms with Crippen molar-refractivity contribution < 1.29 is 4.39 Å². The molecule has 3 heterocycles. The number of H-pyrrole nitrogens is 1. The average Bonchev–Trinajstić information content (AvgIpc) is 3.22. The molecule has 3 aromatic rings. The van der Waals surface area contributed by atoms with Crippen LogP contribution < -0.4 is 5.56 Å². The van der Waals surface area contributed by atoms with Gasteiger partial charge in [-0.15, -0.1) is 0 Å². The topological polar surface area (TPSA) is 66.8 Å². The number of aromatic amines is 1. The van der Waals surface area contributed by atoms with Crippen molar-refractivity contribution in [3.05, 3.63) is 70.4 Å². The Morgan fingerprint density at radius 2 is 1.96 bits per heavy atom. The summed E-state index contributed by atoms with van der Waals surface area (Å²) in [7, 11) is 0. The molecule has 0 saturated carbocycles. The summed E-state index contributed by atoms with van der Waals surface area (Å²) >= 11 is 0. The number of piperidine rings is 1. The second-order valence-electron chi connectivity index (χ2n) is 7.25. The van der Waals surface area contributed by atoms with Gasteiger partial charge in [0, 0.05) is 56.6 Å². The van der Waals surface area contributed by atoms with E-state index in [0.717, 1.165) is 30.9 Å². The molecule has 0 bridgehead atoms. The van der Waals surface area contributed by atoms with Crippen LogP contribution in [0.2, 0.25) is 0 Å². The Labute approximate surface area is 163 Å². The molecule has 0 amide bonds. The largest absolute Gasteiger partial charge is 0.307 e. The maximum atomic E-state index is 13.3. The van der Waals surface area contributed by atoms with Gasteiger partial charge < -0.3 is 4.98 Å². The minimum absolute atomic E-state index is 0.154. The van der Waals surface area contributed by atoms with Crippen molar-refractivity contribution in [1.29, 1.82) is 0 Å². The molecule has 0 radical (unpaired) electrons. The van der Waals surface area contributed by atoms with Gasteiger partial charge in [-0.25, -0.2) is 9.37 Å². The highest BCUT2D eigenvalue weighted by Gasteiger charge is 2.18. The van der Waals surface area contributed by atoms with E-state index in [9.17, 15) is 9.18 Å². The maximum Gasteiger partial charge on any atom is 0.251 e. The lowest BCUT2D eigenvalue weighted by Crippen LogP contribution is -2.33. The van der Waals surface area contributed by atoms with Gasteiger partial charge in [0.15, 0.2) is 0 Å². The molecular formula is C21H24FN5O. The lowest BCUT2D eigenvalue weighted by Gasteiger charge is -2.28. The molecular weight excluding hydrogens is 357 g/mol. The summed E-state index contributed by atoms with van der Waals surface area (Å²) in [4.78, 5) is 21.8. The molecule has 1 saturated heterocycles. The van der Waals surface area contributed by atoms with Crippen LogP contribution in [0.1, 0.15) is 24.1 Å². The van der Waals surface area contributed by atoms with Crippen LogP contribution in [0.3, 0.4) is 0 Å². The minimum Gasteiger partial charge on any atom is -0.307 e. The van der Waals surface area contributed by atoms with E-state index in [2.05, 4.69) is 20.0 Å². The van der Waals surface area contributed by atoms with Crippen LogP contribution in [0.15, 0.2) is 53.6 Å². The Morgan fingerprint density at radius 1 is 1.18 bits per heavy atom. The fourth-order valence-corrected chi connectivity index (χ4v) is 3.52. The number of benzene rings is 1. The monoisotopic (exact) mass is 381 g/mol. The molecule has 1 aromatic carbocycles. The summed E-state index contributed by atoms with van der Waals surface area (Å²) in [6.07, 6.45) is 4.85. The Bertz CT molecular complexity index is 944. The maximum absolute atomic E-state index is 13.3. The normalized spacial score (nSPS) is 15.8. The van der Waals surface area contributed by atoms with Gasteiger partial charge in [-0.2, -0.15) is 5.10 Å². The first kappa shape index (κ1) is 18.6. The number of alkyl halides is 1. The van der Waals surface area contributed by atoms with E-state index < -0.39 is 6.17 Å². The second-order valence-corrected chi connectivity index (χ2v) is 7.25. The Balaban J connectivity index is 1.44. The first-order valence-corrected chi connectivity index (χ1v) is 9.69. The Hall–Kier alpha value is -2.80. The molecule has 0 atom stereocenters. The van der Waals surface area contributed by atoms with Gasteiger partial charge in [0.25, 0.3) is 5.56 Å². The predicted octanol–water partition coefficient (Wildman–Crippen LogP) is 2.81. The fourth-order valence-electron chi connectivity index (χ4n) is 3.52. The summed E-state index contributed by atoms with van der Waals surface area (Å²) in [6.45, 7) is 3.10. The summed E-state index contributed by atoms with van der Waals surface area (Å²) in [6, 6.07) is 11.5. The first-order chi connectivity index (χ1) is 13.7. The van der Waals surface area contributed by atoms with Gasteiger partial charge in [0.1, 0.15) is 12.0 Å². The second kappa shape index (κ2) is 8.48. The summed E-state index contributed by atoms with van der Waals surface area (Å²) < 4.78 is 15.1. The fraction of sp³-hybridized carbons (Fsp3) is 0.381. The van der Waals surface area contributed by atoms with Gasteiger partial charge in [-0.05, 0) is 24.5 Å². The molecule has 1 aliphatic heterocycles. The minimum atomic E-state index is -0.651. The number of likely N-dealkylation sites (tertiary alicyclic amines) is 1. The average molecular weight is 381 g/mol. The molecule has 28 heavy (non-hydrogen) atoms. The first-order valence-electron chi connectivity index (χ1n) is 9.69. The molecule has 0 spiro atoms. The number of rotatable bonds is 6. The van der Waals surface area contributed by atoms with E-state index >= 15 is 0 Å². The molecule has 1 fully saturated rings. The van der Waals surface area contributed by atoms with E-state index in [-0.39, 0.29) is 5.56 Å². The number of halogens is 1. The van der Waals surface area contributed by atoms with Crippen molar-refractivity contribution in [2.75, 3.05) is 13.1 Å². The van der Waals surface area contributed by atoms with Crippen molar-refractivity contribution in [1.82, 2.24) is 24.6 Å². The zero-order valence-electron chi connectivity index (χ0n) is 15.7.